The average Bonchev–Trinajstić information content (AvgIpc) is 2.48. The van der Waals surface area contributed by atoms with E-state index in [9.17, 15) is 4.79 Å². The maximum Gasteiger partial charge on any atom is 0.258 e. The lowest BCUT2D eigenvalue weighted by molar-refractivity contribution is 0.214. The molecule has 2 aromatic rings. The number of hydrogen-bond donors (Lipinski definition) is 1. The van der Waals surface area contributed by atoms with Crippen LogP contribution < -0.4 is 5.56 Å². The normalized spacial score (nSPS) is 22.9. The van der Waals surface area contributed by atoms with Crippen molar-refractivity contribution in [2.45, 2.75) is 37.6 Å². The fourth-order valence-electron chi connectivity index (χ4n) is 3.20. The molecule has 1 heterocycles. The van der Waals surface area contributed by atoms with Gasteiger partial charge in [0.15, 0.2) is 0 Å². The third-order valence-electron chi connectivity index (χ3n) is 4.52. The zero-order valence-corrected chi connectivity index (χ0v) is 14.0. The Kier molecular flexibility index (Phi) is 4.13. The van der Waals surface area contributed by atoms with Crippen LogP contribution in [0.1, 0.15) is 37.4 Å². The topological polar surface area (TPSA) is 49.0 Å². The molecule has 112 valence electrons. The Morgan fingerprint density at radius 1 is 1.24 bits per heavy atom. The van der Waals surface area contributed by atoms with E-state index in [-0.39, 0.29) is 5.56 Å². The molecule has 0 aliphatic heterocycles. The van der Waals surface area contributed by atoms with Crippen molar-refractivity contribution in [2.24, 2.45) is 0 Å². The molecule has 0 radical (unpaired) electrons. The van der Waals surface area contributed by atoms with Gasteiger partial charge < -0.3 is 9.88 Å². The summed E-state index contributed by atoms with van der Waals surface area (Å²) in [7, 11) is 4.27. The molecule has 1 fully saturated rings. The third kappa shape index (κ3) is 2.90. The molecule has 3 rings (SSSR count). The van der Waals surface area contributed by atoms with Gasteiger partial charge in [-0.15, -0.1) is 0 Å². The Hall–Kier alpha value is -1.20. The number of H-pyrrole nitrogens is 1. The quantitative estimate of drug-likeness (QED) is 0.904. The van der Waals surface area contributed by atoms with Crippen LogP contribution in [-0.2, 0) is 0 Å². The fourth-order valence-corrected chi connectivity index (χ4v) is 3.66. The predicted molar refractivity (Wildman–Crippen MR) is 88.7 cm³/mol. The summed E-state index contributed by atoms with van der Waals surface area (Å²) in [5, 5.41) is 0.648. The Balaban J connectivity index is 1.92. The minimum absolute atomic E-state index is 0.0361. The van der Waals surface area contributed by atoms with Crippen molar-refractivity contribution in [3.05, 3.63) is 38.9 Å². The number of para-hydroxylation sites is 1. The summed E-state index contributed by atoms with van der Waals surface area (Å²) in [4.78, 5) is 22.2. The molecule has 4 nitrogen and oxygen atoms in total. The van der Waals surface area contributed by atoms with Gasteiger partial charge in [0.1, 0.15) is 5.82 Å². The highest BCUT2D eigenvalue weighted by Crippen LogP contribution is 2.33. The number of nitrogens with zero attached hydrogens (tertiary/aromatic N) is 2. The number of benzene rings is 1. The maximum atomic E-state index is 12.2. The van der Waals surface area contributed by atoms with E-state index in [0.717, 1.165) is 41.5 Å². The van der Waals surface area contributed by atoms with E-state index < -0.39 is 0 Å². The van der Waals surface area contributed by atoms with Crippen LogP contribution in [0.3, 0.4) is 0 Å². The van der Waals surface area contributed by atoms with Gasteiger partial charge in [0.25, 0.3) is 5.56 Å². The molecule has 1 aromatic heterocycles. The van der Waals surface area contributed by atoms with Gasteiger partial charge in [-0.25, -0.2) is 4.98 Å². The third-order valence-corrected chi connectivity index (χ3v) is 5.16. The van der Waals surface area contributed by atoms with Gasteiger partial charge >= 0.3 is 0 Å². The lowest BCUT2D eigenvalue weighted by atomic mass is 9.85. The van der Waals surface area contributed by atoms with Crippen LogP contribution >= 0.6 is 15.9 Å². The molecule has 0 bridgehead atoms. The zero-order chi connectivity index (χ0) is 15.0. The van der Waals surface area contributed by atoms with Crippen molar-refractivity contribution in [3.8, 4) is 0 Å². The number of halogens is 1. The second-order valence-electron chi connectivity index (χ2n) is 6.06. The zero-order valence-electron chi connectivity index (χ0n) is 12.4. The summed E-state index contributed by atoms with van der Waals surface area (Å²) >= 11 is 3.50. The van der Waals surface area contributed by atoms with Crippen LogP contribution in [0.5, 0.6) is 0 Å². The molecule has 1 saturated carbocycles. The molecule has 5 heteroatoms. The Bertz CT molecular complexity index is 702. The van der Waals surface area contributed by atoms with Crippen molar-refractivity contribution >= 4 is 26.8 Å². The molecule has 21 heavy (non-hydrogen) atoms. The lowest BCUT2D eigenvalue weighted by Crippen LogP contribution is -2.32. The summed E-state index contributed by atoms with van der Waals surface area (Å²) in [5.41, 5.74) is 0.733. The molecular formula is C16H20BrN3O. The summed E-state index contributed by atoms with van der Waals surface area (Å²) in [6, 6.07) is 6.27. The van der Waals surface area contributed by atoms with Gasteiger partial charge in [0, 0.05) is 16.4 Å². The van der Waals surface area contributed by atoms with Crippen LogP contribution in [0.25, 0.3) is 10.9 Å². The first-order valence-electron chi connectivity index (χ1n) is 7.41. The highest BCUT2D eigenvalue weighted by atomic mass is 79.9. The summed E-state index contributed by atoms with van der Waals surface area (Å²) in [5.74, 6) is 1.21. The molecule has 1 aliphatic rings. The van der Waals surface area contributed by atoms with E-state index in [4.69, 9.17) is 4.98 Å². The Morgan fingerprint density at radius 2 is 1.95 bits per heavy atom. The van der Waals surface area contributed by atoms with E-state index in [1.54, 1.807) is 0 Å². The monoisotopic (exact) mass is 349 g/mol. The largest absolute Gasteiger partial charge is 0.310 e. The number of fused-ring (bicyclic) bond motifs is 1. The highest BCUT2D eigenvalue weighted by Gasteiger charge is 2.25. The van der Waals surface area contributed by atoms with Crippen LogP contribution in [0.2, 0.25) is 0 Å². The van der Waals surface area contributed by atoms with Crippen molar-refractivity contribution in [3.63, 3.8) is 0 Å². The molecule has 0 spiro atoms. The van der Waals surface area contributed by atoms with Gasteiger partial charge in [-0.2, -0.15) is 0 Å². The van der Waals surface area contributed by atoms with Crippen LogP contribution in [0.15, 0.2) is 27.5 Å². The summed E-state index contributed by atoms with van der Waals surface area (Å²) in [6.07, 6.45) is 4.49. The van der Waals surface area contributed by atoms with Crippen molar-refractivity contribution < 1.29 is 0 Å². The van der Waals surface area contributed by atoms with Gasteiger partial charge in [-0.1, -0.05) is 6.07 Å². The first-order chi connectivity index (χ1) is 10.1. The van der Waals surface area contributed by atoms with Gasteiger partial charge in [-0.05, 0) is 67.8 Å². The van der Waals surface area contributed by atoms with Crippen molar-refractivity contribution in [1.29, 1.82) is 0 Å². The number of hydrogen-bond acceptors (Lipinski definition) is 3. The molecule has 0 unspecified atom stereocenters. The predicted octanol–water partition coefficient (Wildman–Crippen LogP) is 3.27. The second kappa shape index (κ2) is 5.89. The first-order valence-corrected chi connectivity index (χ1v) is 8.20. The summed E-state index contributed by atoms with van der Waals surface area (Å²) in [6.45, 7) is 0. The molecule has 1 N–H and O–H groups in total. The molecule has 1 aromatic carbocycles. The maximum absolute atomic E-state index is 12.2. The first kappa shape index (κ1) is 14.7. The highest BCUT2D eigenvalue weighted by molar-refractivity contribution is 9.10. The van der Waals surface area contributed by atoms with Gasteiger partial charge in [-0.3, -0.25) is 4.79 Å². The van der Waals surface area contributed by atoms with Gasteiger partial charge in [0.2, 0.25) is 0 Å². The SMILES string of the molecule is CN(C)C1CCC(c2nc3c(Br)cccc3c(=O)[nH]2)CC1. The lowest BCUT2D eigenvalue weighted by Gasteiger charge is -2.32. The number of aromatic amines is 1. The van der Waals surface area contributed by atoms with Crippen LogP contribution in [0.4, 0.5) is 0 Å². The molecule has 0 amide bonds. The second-order valence-corrected chi connectivity index (χ2v) is 6.91. The summed E-state index contributed by atoms with van der Waals surface area (Å²) < 4.78 is 0.884. The standard InChI is InChI=1S/C16H20BrN3O/c1-20(2)11-8-6-10(7-9-11)15-18-14-12(16(21)19-15)4-3-5-13(14)17/h3-5,10-11H,6-9H2,1-2H3,(H,18,19,21). The van der Waals surface area contributed by atoms with Crippen LogP contribution in [-0.4, -0.2) is 35.0 Å². The molecule has 0 saturated heterocycles. The van der Waals surface area contributed by atoms with Crippen molar-refractivity contribution in [1.82, 2.24) is 14.9 Å². The molecule has 1 aliphatic carbocycles. The van der Waals surface area contributed by atoms with Gasteiger partial charge in [0.05, 0.1) is 10.9 Å². The number of rotatable bonds is 2. The van der Waals surface area contributed by atoms with E-state index >= 15 is 0 Å². The van der Waals surface area contributed by atoms with Crippen LogP contribution in [0, 0.1) is 0 Å². The van der Waals surface area contributed by atoms with E-state index in [2.05, 4.69) is 39.9 Å². The van der Waals surface area contributed by atoms with E-state index in [1.165, 1.54) is 0 Å². The smallest absolute Gasteiger partial charge is 0.258 e. The average molecular weight is 350 g/mol. The minimum Gasteiger partial charge on any atom is -0.310 e. The number of aromatic nitrogens is 2. The Labute approximate surface area is 132 Å². The van der Waals surface area contributed by atoms with E-state index in [1.807, 2.05) is 18.2 Å². The minimum atomic E-state index is -0.0361. The molecular weight excluding hydrogens is 330 g/mol. The van der Waals surface area contributed by atoms with Crippen molar-refractivity contribution in [2.75, 3.05) is 14.1 Å². The molecule has 0 atom stereocenters. The Morgan fingerprint density at radius 3 is 2.62 bits per heavy atom. The fraction of sp³-hybridized carbons (Fsp3) is 0.500. The number of nitrogens with one attached hydrogen (secondary N) is 1. The van der Waals surface area contributed by atoms with E-state index in [0.29, 0.717) is 17.3 Å².